The number of pyridine rings is 1. The highest BCUT2D eigenvalue weighted by molar-refractivity contribution is 9.10. The normalized spacial score (nSPS) is 10.4. The van der Waals surface area contributed by atoms with E-state index in [1.165, 1.54) is 11.1 Å². The lowest BCUT2D eigenvalue weighted by atomic mass is 10.1. The number of aromatic nitrogens is 1. The highest BCUT2D eigenvalue weighted by Crippen LogP contribution is 2.19. The standard InChI is InChI=1S/C15H17BrN2/c1-12-10-14(16)11-17-15(12)18(2)9-8-13-6-4-3-5-7-13/h3-7,10-11H,8-9H2,1-2H3. The molecule has 0 atom stereocenters. The van der Waals surface area contributed by atoms with Crippen LogP contribution in [0.2, 0.25) is 0 Å². The molecule has 2 nitrogen and oxygen atoms in total. The second kappa shape index (κ2) is 6.01. The van der Waals surface area contributed by atoms with E-state index in [1.54, 1.807) is 0 Å². The predicted octanol–water partition coefficient (Wildman–Crippen LogP) is 3.83. The summed E-state index contributed by atoms with van der Waals surface area (Å²) in [4.78, 5) is 6.67. The van der Waals surface area contributed by atoms with Gasteiger partial charge in [-0.1, -0.05) is 30.3 Å². The third-order valence-corrected chi connectivity index (χ3v) is 3.39. The maximum absolute atomic E-state index is 4.47. The summed E-state index contributed by atoms with van der Waals surface area (Å²) >= 11 is 3.44. The van der Waals surface area contributed by atoms with Crippen molar-refractivity contribution in [3.63, 3.8) is 0 Å². The molecule has 0 saturated carbocycles. The molecule has 0 fully saturated rings. The molecule has 0 unspecified atom stereocenters. The first-order valence-corrected chi connectivity index (χ1v) is 6.83. The minimum atomic E-state index is 0.972. The molecule has 94 valence electrons. The zero-order chi connectivity index (χ0) is 13.0. The smallest absolute Gasteiger partial charge is 0.131 e. The quantitative estimate of drug-likeness (QED) is 0.853. The van der Waals surface area contributed by atoms with Crippen molar-refractivity contribution in [2.45, 2.75) is 13.3 Å². The Morgan fingerprint density at radius 3 is 2.61 bits per heavy atom. The fourth-order valence-corrected chi connectivity index (χ4v) is 2.43. The molecule has 1 heterocycles. The average molecular weight is 305 g/mol. The zero-order valence-corrected chi connectivity index (χ0v) is 12.3. The fraction of sp³-hybridized carbons (Fsp3) is 0.267. The summed E-state index contributed by atoms with van der Waals surface area (Å²) in [6, 6.07) is 12.6. The van der Waals surface area contributed by atoms with Crippen LogP contribution in [0, 0.1) is 6.92 Å². The van der Waals surface area contributed by atoms with Gasteiger partial charge in [0.15, 0.2) is 0 Å². The van der Waals surface area contributed by atoms with E-state index in [0.717, 1.165) is 23.3 Å². The minimum Gasteiger partial charge on any atom is -0.359 e. The second-order valence-electron chi connectivity index (χ2n) is 4.45. The van der Waals surface area contributed by atoms with E-state index < -0.39 is 0 Å². The Kier molecular flexibility index (Phi) is 4.37. The van der Waals surface area contributed by atoms with Crippen molar-refractivity contribution in [2.24, 2.45) is 0 Å². The van der Waals surface area contributed by atoms with Crippen LogP contribution in [0.4, 0.5) is 5.82 Å². The van der Waals surface area contributed by atoms with Crippen LogP contribution in [0.15, 0.2) is 47.1 Å². The molecule has 0 aliphatic heterocycles. The molecular weight excluding hydrogens is 288 g/mol. The van der Waals surface area contributed by atoms with E-state index >= 15 is 0 Å². The SMILES string of the molecule is Cc1cc(Br)cnc1N(C)CCc1ccccc1. The number of hydrogen-bond acceptors (Lipinski definition) is 2. The molecule has 18 heavy (non-hydrogen) atoms. The summed E-state index contributed by atoms with van der Waals surface area (Å²) in [7, 11) is 2.09. The van der Waals surface area contributed by atoms with Gasteiger partial charge in [0.25, 0.3) is 0 Å². The van der Waals surface area contributed by atoms with E-state index in [1.807, 2.05) is 12.3 Å². The van der Waals surface area contributed by atoms with Gasteiger partial charge in [-0.3, -0.25) is 0 Å². The summed E-state index contributed by atoms with van der Waals surface area (Å²) in [6.45, 7) is 3.06. The van der Waals surface area contributed by atoms with Crippen LogP contribution >= 0.6 is 15.9 Å². The lowest BCUT2D eigenvalue weighted by molar-refractivity contribution is 0.854. The molecule has 2 aromatic rings. The largest absolute Gasteiger partial charge is 0.359 e. The lowest BCUT2D eigenvalue weighted by Crippen LogP contribution is -2.22. The van der Waals surface area contributed by atoms with Crippen LogP contribution in [-0.2, 0) is 6.42 Å². The summed E-state index contributed by atoms with van der Waals surface area (Å²) in [6.07, 6.45) is 2.88. The number of rotatable bonds is 4. The molecule has 0 amide bonds. The van der Waals surface area contributed by atoms with Crippen molar-refractivity contribution in [3.05, 3.63) is 58.2 Å². The van der Waals surface area contributed by atoms with E-state index in [2.05, 4.69) is 70.1 Å². The molecule has 3 heteroatoms. The van der Waals surface area contributed by atoms with Crippen LogP contribution in [0.1, 0.15) is 11.1 Å². The molecule has 0 saturated heterocycles. The zero-order valence-electron chi connectivity index (χ0n) is 10.7. The predicted molar refractivity (Wildman–Crippen MR) is 80.1 cm³/mol. The first-order valence-electron chi connectivity index (χ1n) is 6.04. The molecular formula is C15H17BrN2. The van der Waals surface area contributed by atoms with Gasteiger partial charge in [0.2, 0.25) is 0 Å². The number of aryl methyl sites for hydroxylation is 1. The Bertz CT molecular complexity index is 511. The van der Waals surface area contributed by atoms with E-state index in [4.69, 9.17) is 0 Å². The van der Waals surface area contributed by atoms with Crippen LogP contribution in [0.5, 0.6) is 0 Å². The van der Waals surface area contributed by atoms with Crippen molar-refractivity contribution < 1.29 is 0 Å². The third kappa shape index (κ3) is 3.33. The van der Waals surface area contributed by atoms with Gasteiger partial charge >= 0.3 is 0 Å². The van der Waals surface area contributed by atoms with Crippen LogP contribution < -0.4 is 4.90 Å². The summed E-state index contributed by atoms with van der Waals surface area (Å²) in [5.74, 6) is 1.05. The molecule has 0 bridgehead atoms. The van der Waals surface area contributed by atoms with Gasteiger partial charge in [0.1, 0.15) is 5.82 Å². The molecule has 0 aliphatic carbocycles. The Morgan fingerprint density at radius 2 is 1.94 bits per heavy atom. The maximum Gasteiger partial charge on any atom is 0.131 e. The molecule has 1 aromatic heterocycles. The topological polar surface area (TPSA) is 16.1 Å². The number of benzene rings is 1. The molecule has 2 rings (SSSR count). The van der Waals surface area contributed by atoms with Gasteiger partial charge < -0.3 is 4.90 Å². The van der Waals surface area contributed by atoms with Crippen molar-refractivity contribution in [3.8, 4) is 0 Å². The van der Waals surface area contributed by atoms with E-state index in [9.17, 15) is 0 Å². The fourth-order valence-electron chi connectivity index (χ4n) is 1.98. The Hall–Kier alpha value is -1.35. The number of halogens is 1. The first kappa shape index (κ1) is 13.1. The number of anilines is 1. The van der Waals surface area contributed by atoms with Crippen molar-refractivity contribution in [1.82, 2.24) is 4.98 Å². The van der Waals surface area contributed by atoms with Gasteiger partial charge in [-0.15, -0.1) is 0 Å². The summed E-state index contributed by atoms with van der Waals surface area (Å²) < 4.78 is 1.03. The molecule has 0 radical (unpaired) electrons. The molecule has 1 aromatic carbocycles. The Labute approximate surface area is 117 Å². The van der Waals surface area contributed by atoms with E-state index in [0.29, 0.717) is 0 Å². The number of likely N-dealkylation sites (N-methyl/N-ethyl adjacent to an activating group) is 1. The highest BCUT2D eigenvalue weighted by Gasteiger charge is 2.06. The van der Waals surface area contributed by atoms with Gasteiger partial charge in [-0.2, -0.15) is 0 Å². The van der Waals surface area contributed by atoms with Crippen LogP contribution in [0.25, 0.3) is 0 Å². The monoisotopic (exact) mass is 304 g/mol. The van der Waals surface area contributed by atoms with Gasteiger partial charge in [-0.05, 0) is 46.5 Å². The average Bonchev–Trinajstić information content (AvgIpc) is 2.37. The number of nitrogens with zero attached hydrogens (tertiary/aromatic N) is 2. The molecule has 0 aliphatic rings. The summed E-state index contributed by atoms with van der Waals surface area (Å²) in [5.41, 5.74) is 2.55. The lowest BCUT2D eigenvalue weighted by Gasteiger charge is -2.20. The van der Waals surface area contributed by atoms with Gasteiger partial charge in [0, 0.05) is 24.3 Å². The van der Waals surface area contributed by atoms with Crippen LogP contribution in [-0.4, -0.2) is 18.6 Å². The first-order chi connectivity index (χ1) is 8.66. The van der Waals surface area contributed by atoms with Gasteiger partial charge in [0.05, 0.1) is 0 Å². The van der Waals surface area contributed by atoms with E-state index in [-0.39, 0.29) is 0 Å². The summed E-state index contributed by atoms with van der Waals surface area (Å²) in [5, 5.41) is 0. The van der Waals surface area contributed by atoms with Gasteiger partial charge in [-0.25, -0.2) is 4.98 Å². The minimum absolute atomic E-state index is 0.972. The highest BCUT2D eigenvalue weighted by atomic mass is 79.9. The molecule has 0 N–H and O–H groups in total. The van der Waals surface area contributed by atoms with Crippen molar-refractivity contribution in [1.29, 1.82) is 0 Å². The third-order valence-electron chi connectivity index (χ3n) is 2.96. The van der Waals surface area contributed by atoms with Crippen molar-refractivity contribution in [2.75, 3.05) is 18.5 Å². The Morgan fingerprint density at radius 1 is 1.22 bits per heavy atom. The second-order valence-corrected chi connectivity index (χ2v) is 5.37. The van der Waals surface area contributed by atoms with Crippen molar-refractivity contribution >= 4 is 21.7 Å². The maximum atomic E-state index is 4.47. The Balaban J connectivity index is 2.01. The molecule has 0 spiro atoms. The van der Waals surface area contributed by atoms with Crippen LogP contribution in [0.3, 0.4) is 0 Å². The number of hydrogen-bond donors (Lipinski definition) is 0.